The first-order valence-corrected chi connectivity index (χ1v) is 11.1. The van der Waals surface area contributed by atoms with Crippen LogP contribution in [0.2, 0.25) is 5.02 Å². The van der Waals surface area contributed by atoms with Crippen LogP contribution in [0.3, 0.4) is 0 Å². The van der Waals surface area contributed by atoms with Crippen molar-refractivity contribution in [1.82, 2.24) is 14.8 Å². The maximum atomic E-state index is 13.5. The highest BCUT2D eigenvalue weighted by atomic mass is 35.5. The zero-order valence-corrected chi connectivity index (χ0v) is 19.3. The van der Waals surface area contributed by atoms with Crippen molar-refractivity contribution in [1.29, 1.82) is 10.5 Å². The lowest BCUT2D eigenvalue weighted by Gasteiger charge is -2.17. The van der Waals surface area contributed by atoms with Crippen LogP contribution in [0.4, 0.5) is 0 Å². The number of benzene rings is 2. The van der Waals surface area contributed by atoms with E-state index in [1.807, 2.05) is 36.4 Å². The largest absolute Gasteiger partial charge is 0.497 e. The standard InChI is InChI=1S/C24H18ClN5O2S/c1-14-21(22(17(11-26)12-27)16-3-7-18(25)8-4-16)23(31)30(29-14)24-28-13-20(33-24)15-5-9-19(32-2)10-6-15/h3-10,13,17,22,29H,1-2H3/t22-/m0/s1. The molecule has 0 saturated heterocycles. The minimum atomic E-state index is -1.05. The van der Waals surface area contributed by atoms with Gasteiger partial charge in [0.25, 0.3) is 5.56 Å². The van der Waals surface area contributed by atoms with Crippen LogP contribution in [0.1, 0.15) is 22.7 Å². The molecular formula is C24H18ClN5O2S. The number of rotatable bonds is 6. The Kier molecular flexibility index (Phi) is 6.32. The fourth-order valence-corrected chi connectivity index (χ4v) is 4.70. The molecule has 0 bridgehead atoms. The Balaban J connectivity index is 1.78. The van der Waals surface area contributed by atoms with E-state index in [-0.39, 0.29) is 5.56 Å². The van der Waals surface area contributed by atoms with Crippen LogP contribution >= 0.6 is 22.9 Å². The van der Waals surface area contributed by atoms with E-state index in [1.165, 1.54) is 16.0 Å². The van der Waals surface area contributed by atoms with E-state index in [1.54, 1.807) is 44.5 Å². The molecule has 2 aromatic heterocycles. The van der Waals surface area contributed by atoms with Gasteiger partial charge in [0.05, 0.1) is 24.1 Å². The van der Waals surface area contributed by atoms with E-state index >= 15 is 0 Å². The summed E-state index contributed by atoms with van der Waals surface area (Å²) in [5.41, 5.74) is 2.18. The van der Waals surface area contributed by atoms with E-state index < -0.39 is 11.8 Å². The molecule has 0 amide bonds. The molecule has 33 heavy (non-hydrogen) atoms. The fourth-order valence-electron chi connectivity index (χ4n) is 3.69. The number of hydrogen-bond donors (Lipinski definition) is 1. The SMILES string of the molecule is COc1ccc(-c2cnc(-n3[nH]c(C)c([C@@H](c4ccc(Cl)cc4)C(C#N)C#N)c3=O)s2)cc1. The van der Waals surface area contributed by atoms with Gasteiger partial charge in [-0.3, -0.25) is 9.89 Å². The van der Waals surface area contributed by atoms with Crippen molar-refractivity contribution < 1.29 is 4.74 Å². The van der Waals surface area contributed by atoms with Gasteiger partial charge in [0.15, 0.2) is 0 Å². The number of methoxy groups -OCH3 is 1. The molecule has 164 valence electrons. The van der Waals surface area contributed by atoms with Gasteiger partial charge in [-0.15, -0.1) is 0 Å². The van der Waals surface area contributed by atoms with Crippen molar-refractivity contribution in [2.75, 3.05) is 7.11 Å². The fraction of sp³-hybridized carbons (Fsp3) is 0.167. The monoisotopic (exact) mass is 475 g/mol. The zero-order chi connectivity index (χ0) is 23.5. The summed E-state index contributed by atoms with van der Waals surface area (Å²) in [6.45, 7) is 1.75. The second-order valence-corrected chi connectivity index (χ2v) is 8.74. The van der Waals surface area contributed by atoms with Crippen molar-refractivity contribution in [3.63, 3.8) is 0 Å². The lowest BCUT2D eigenvalue weighted by atomic mass is 9.82. The van der Waals surface area contributed by atoms with Crippen LogP contribution in [-0.2, 0) is 0 Å². The number of hydrogen-bond acceptors (Lipinski definition) is 6. The van der Waals surface area contributed by atoms with Crippen LogP contribution in [0.25, 0.3) is 15.6 Å². The van der Waals surface area contributed by atoms with Gasteiger partial charge in [0, 0.05) is 28.4 Å². The molecule has 0 aliphatic carbocycles. The first kappa shape index (κ1) is 22.3. The van der Waals surface area contributed by atoms with Crippen LogP contribution in [-0.4, -0.2) is 21.9 Å². The molecule has 7 nitrogen and oxygen atoms in total. The van der Waals surface area contributed by atoms with Crippen LogP contribution in [0, 0.1) is 35.5 Å². The molecule has 0 aliphatic rings. The number of nitrogens with zero attached hydrogens (tertiary/aromatic N) is 4. The second-order valence-electron chi connectivity index (χ2n) is 7.29. The Morgan fingerprint density at radius 1 is 1.12 bits per heavy atom. The third-order valence-corrected chi connectivity index (χ3v) is 6.61. The van der Waals surface area contributed by atoms with Crippen molar-refractivity contribution in [2.24, 2.45) is 5.92 Å². The third-order valence-electron chi connectivity index (χ3n) is 5.33. The Labute approximate surface area is 199 Å². The summed E-state index contributed by atoms with van der Waals surface area (Å²) < 4.78 is 6.56. The maximum Gasteiger partial charge on any atom is 0.277 e. The number of H-pyrrole nitrogens is 1. The molecule has 2 aromatic carbocycles. The van der Waals surface area contributed by atoms with Gasteiger partial charge in [-0.05, 0) is 54.4 Å². The molecule has 2 heterocycles. The first-order chi connectivity index (χ1) is 16.0. The van der Waals surface area contributed by atoms with E-state index in [4.69, 9.17) is 16.3 Å². The molecule has 1 atom stereocenters. The lowest BCUT2D eigenvalue weighted by molar-refractivity contribution is 0.415. The molecule has 0 spiro atoms. The minimum absolute atomic E-state index is 0.349. The van der Waals surface area contributed by atoms with Gasteiger partial charge in [0.2, 0.25) is 5.13 Å². The smallest absolute Gasteiger partial charge is 0.277 e. The Morgan fingerprint density at radius 2 is 1.79 bits per heavy atom. The summed E-state index contributed by atoms with van der Waals surface area (Å²) in [6.07, 6.45) is 1.70. The van der Waals surface area contributed by atoms with E-state index in [9.17, 15) is 15.3 Å². The van der Waals surface area contributed by atoms with Gasteiger partial charge < -0.3 is 4.74 Å². The predicted molar refractivity (Wildman–Crippen MR) is 127 cm³/mol. The van der Waals surface area contributed by atoms with Crippen molar-refractivity contribution in [2.45, 2.75) is 12.8 Å². The summed E-state index contributed by atoms with van der Waals surface area (Å²) in [6, 6.07) is 18.4. The van der Waals surface area contributed by atoms with Gasteiger partial charge >= 0.3 is 0 Å². The molecule has 0 saturated carbocycles. The average Bonchev–Trinajstić information content (AvgIpc) is 3.43. The summed E-state index contributed by atoms with van der Waals surface area (Å²) in [5, 5.41) is 23.3. The lowest BCUT2D eigenvalue weighted by Crippen LogP contribution is -2.23. The van der Waals surface area contributed by atoms with Crippen molar-refractivity contribution >= 4 is 22.9 Å². The molecule has 0 fully saturated rings. The van der Waals surface area contributed by atoms with E-state index in [2.05, 4.69) is 10.1 Å². The molecule has 0 unspecified atom stereocenters. The second kappa shape index (κ2) is 9.33. The van der Waals surface area contributed by atoms with E-state index in [0.717, 1.165) is 16.2 Å². The number of aryl methyl sites for hydroxylation is 1. The number of halogens is 1. The first-order valence-electron chi connectivity index (χ1n) is 9.93. The Bertz CT molecular complexity index is 1410. The molecule has 4 aromatic rings. The van der Waals surface area contributed by atoms with Gasteiger partial charge in [-0.1, -0.05) is 35.1 Å². The quantitative estimate of drug-likeness (QED) is 0.419. The summed E-state index contributed by atoms with van der Waals surface area (Å²) in [5.74, 6) is -1.03. The summed E-state index contributed by atoms with van der Waals surface area (Å²) >= 11 is 7.36. The van der Waals surface area contributed by atoms with Crippen LogP contribution in [0.15, 0.2) is 59.5 Å². The van der Waals surface area contributed by atoms with Gasteiger partial charge in [-0.2, -0.15) is 15.2 Å². The van der Waals surface area contributed by atoms with Gasteiger partial charge in [-0.25, -0.2) is 4.98 Å². The predicted octanol–water partition coefficient (Wildman–Crippen LogP) is 5.05. The van der Waals surface area contributed by atoms with Crippen LogP contribution in [0.5, 0.6) is 5.75 Å². The number of thiazole rings is 1. The van der Waals surface area contributed by atoms with E-state index in [0.29, 0.717) is 27.0 Å². The highest BCUT2D eigenvalue weighted by Gasteiger charge is 2.31. The average molecular weight is 476 g/mol. The summed E-state index contributed by atoms with van der Waals surface area (Å²) in [7, 11) is 1.61. The molecule has 0 aliphatic heterocycles. The third kappa shape index (κ3) is 4.27. The number of nitrogens with one attached hydrogen (secondary N) is 1. The Morgan fingerprint density at radius 3 is 2.39 bits per heavy atom. The normalized spacial score (nSPS) is 11.7. The molecule has 4 rings (SSSR count). The number of aromatic nitrogens is 3. The topological polar surface area (TPSA) is 107 Å². The highest BCUT2D eigenvalue weighted by molar-refractivity contribution is 7.17. The molecule has 1 N–H and O–H groups in total. The maximum absolute atomic E-state index is 13.5. The number of nitriles is 2. The minimum Gasteiger partial charge on any atom is -0.497 e. The molecule has 0 radical (unpaired) electrons. The summed E-state index contributed by atoms with van der Waals surface area (Å²) in [4.78, 5) is 18.8. The molecular weight excluding hydrogens is 458 g/mol. The van der Waals surface area contributed by atoms with Crippen molar-refractivity contribution in [3.05, 3.63) is 86.9 Å². The molecule has 9 heteroatoms. The number of ether oxygens (including phenoxy) is 1. The highest BCUT2D eigenvalue weighted by Crippen LogP contribution is 2.33. The van der Waals surface area contributed by atoms with Crippen molar-refractivity contribution in [3.8, 4) is 33.5 Å². The Hall–Kier alpha value is -3.85. The van der Waals surface area contributed by atoms with Gasteiger partial charge in [0.1, 0.15) is 11.7 Å². The number of aromatic amines is 1. The van der Waals surface area contributed by atoms with Crippen LogP contribution < -0.4 is 10.3 Å². The zero-order valence-electron chi connectivity index (χ0n) is 17.7.